The van der Waals surface area contributed by atoms with Crippen LogP contribution < -0.4 is 0 Å². The van der Waals surface area contributed by atoms with Crippen molar-refractivity contribution in [1.82, 2.24) is 0 Å². The van der Waals surface area contributed by atoms with Crippen LogP contribution in [0.5, 0.6) is 0 Å². The molecule has 0 amide bonds. The van der Waals surface area contributed by atoms with Gasteiger partial charge in [0.15, 0.2) is 0 Å². The molecule has 5 nitrogen and oxygen atoms in total. The van der Waals surface area contributed by atoms with E-state index in [2.05, 4.69) is 4.99 Å². The van der Waals surface area contributed by atoms with Crippen LogP contribution in [0.1, 0.15) is 17.2 Å². The van der Waals surface area contributed by atoms with Crippen molar-refractivity contribution in [3.8, 4) is 0 Å². The summed E-state index contributed by atoms with van der Waals surface area (Å²) in [5.74, 6) is 0.536. The minimum atomic E-state index is -0.423. The Morgan fingerprint density at radius 2 is 1.80 bits per heavy atom. The maximum Gasteiger partial charge on any atom is 0.269 e. The molecule has 0 saturated heterocycles. The number of ether oxygens (including phenoxy) is 1. The highest BCUT2D eigenvalue weighted by molar-refractivity contribution is 5.95. The molecule has 3 rings (SSSR count). The van der Waals surface area contributed by atoms with Gasteiger partial charge in [-0.05, 0) is 17.7 Å². The summed E-state index contributed by atoms with van der Waals surface area (Å²) in [6.45, 7) is 0.566. The van der Waals surface area contributed by atoms with E-state index in [1.165, 1.54) is 12.1 Å². The Balaban J connectivity index is 1.75. The summed E-state index contributed by atoms with van der Waals surface area (Å²) in [5, 5.41) is 10.6. The molecule has 100 valence electrons. The third-order valence-electron chi connectivity index (χ3n) is 3.15. The molecule has 0 bridgehead atoms. The Morgan fingerprint density at radius 1 is 1.10 bits per heavy atom. The number of benzene rings is 2. The van der Waals surface area contributed by atoms with E-state index < -0.39 is 4.92 Å². The Kier molecular flexibility index (Phi) is 3.16. The molecule has 0 saturated carbocycles. The van der Waals surface area contributed by atoms with E-state index in [1.54, 1.807) is 12.1 Å². The van der Waals surface area contributed by atoms with Gasteiger partial charge >= 0.3 is 0 Å². The molecule has 5 heteroatoms. The van der Waals surface area contributed by atoms with E-state index in [0.717, 1.165) is 11.1 Å². The van der Waals surface area contributed by atoms with E-state index in [1.807, 2.05) is 30.3 Å². The molecule has 0 aliphatic carbocycles. The van der Waals surface area contributed by atoms with Gasteiger partial charge in [-0.3, -0.25) is 10.1 Å². The number of rotatable bonds is 3. The van der Waals surface area contributed by atoms with Gasteiger partial charge in [-0.1, -0.05) is 30.3 Å². The third-order valence-corrected chi connectivity index (χ3v) is 3.15. The Morgan fingerprint density at radius 3 is 2.45 bits per heavy atom. The molecule has 0 fully saturated rings. The molecule has 1 heterocycles. The summed E-state index contributed by atoms with van der Waals surface area (Å²) >= 11 is 0. The number of nitro benzene ring substituents is 1. The van der Waals surface area contributed by atoms with Gasteiger partial charge in [0.1, 0.15) is 6.10 Å². The molecule has 0 aromatic heterocycles. The van der Waals surface area contributed by atoms with Crippen LogP contribution in [-0.4, -0.2) is 17.4 Å². The highest BCUT2D eigenvalue weighted by atomic mass is 16.6. The molecule has 1 atom stereocenters. The number of aliphatic imine (C=N–C) groups is 1. The zero-order valence-corrected chi connectivity index (χ0v) is 10.6. The van der Waals surface area contributed by atoms with Gasteiger partial charge in [0.2, 0.25) is 5.90 Å². The number of nitro groups is 1. The maximum atomic E-state index is 10.6. The fourth-order valence-electron chi connectivity index (χ4n) is 2.10. The van der Waals surface area contributed by atoms with Crippen molar-refractivity contribution in [2.75, 3.05) is 6.54 Å². The molecule has 0 N–H and O–H groups in total. The van der Waals surface area contributed by atoms with Crippen molar-refractivity contribution in [2.24, 2.45) is 4.99 Å². The van der Waals surface area contributed by atoms with Crippen LogP contribution in [0.3, 0.4) is 0 Å². The smallest absolute Gasteiger partial charge is 0.269 e. The van der Waals surface area contributed by atoms with E-state index in [0.29, 0.717) is 12.4 Å². The van der Waals surface area contributed by atoms with Gasteiger partial charge < -0.3 is 4.74 Å². The highest BCUT2D eigenvalue weighted by Crippen LogP contribution is 2.25. The predicted molar refractivity (Wildman–Crippen MR) is 74.8 cm³/mol. The SMILES string of the molecule is O=[N+]([O-])c1ccc(C2=NC[C@H](c3ccccc3)O2)cc1. The van der Waals surface area contributed by atoms with Gasteiger partial charge in [0.25, 0.3) is 5.69 Å². The zero-order chi connectivity index (χ0) is 13.9. The Hall–Kier alpha value is -2.69. The summed E-state index contributed by atoms with van der Waals surface area (Å²) < 4.78 is 5.81. The fraction of sp³-hybridized carbons (Fsp3) is 0.133. The molecular weight excluding hydrogens is 256 g/mol. The van der Waals surface area contributed by atoms with Gasteiger partial charge in [-0.2, -0.15) is 0 Å². The Bertz CT molecular complexity index is 651. The van der Waals surface area contributed by atoms with Crippen molar-refractivity contribution < 1.29 is 9.66 Å². The number of hydrogen-bond acceptors (Lipinski definition) is 4. The largest absolute Gasteiger partial charge is 0.467 e. The molecule has 20 heavy (non-hydrogen) atoms. The van der Waals surface area contributed by atoms with Gasteiger partial charge in [-0.15, -0.1) is 0 Å². The minimum Gasteiger partial charge on any atom is -0.467 e. The second kappa shape index (κ2) is 5.13. The fourth-order valence-corrected chi connectivity index (χ4v) is 2.10. The molecule has 0 radical (unpaired) electrons. The number of hydrogen-bond donors (Lipinski definition) is 0. The Labute approximate surface area is 115 Å². The van der Waals surface area contributed by atoms with Crippen LogP contribution in [0.4, 0.5) is 5.69 Å². The van der Waals surface area contributed by atoms with Crippen molar-refractivity contribution in [2.45, 2.75) is 6.10 Å². The minimum absolute atomic E-state index is 0.0620. The van der Waals surface area contributed by atoms with E-state index in [9.17, 15) is 10.1 Å². The van der Waals surface area contributed by atoms with Gasteiger partial charge in [0.05, 0.1) is 11.5 Å². The van der Waals surface area contributed by atoms with Crippen LogP contribution in [0, 0.1) is 10.1 Å². The molecule has 1 aliphatic rings. The summed E-state index contributed by atoms with van der Waals surface area (Å²) in [6, 6.07) is 16.1. The average Bonchev–Trinajstić information content (AvgIpc) is 2.98. The monoisotopic (exact) mass is 268 g/mol. The van der Waals surface area contributed by atoms with Crippen molar-refractivity contribution in [3.63, 3.8) is 0 Å². The first-order chi connectivity index (χ1) is 9.74. The third kappa shape index (κ3) is 2.38. The standard InChI is InChI=1S/C15H12N2O3/c18-17(19)13-8-6-12(7-9-13)15-16-10-14(20-15)11-4-2-1-3-5-11/h1-9,14H,10H2/t14-/m1/s1. The van der Waals surface area contributed by atoms with E-state index in [4.69, 9.17) is 4.74 Å². The average molecular weight is 268 g/mol. The summed E-state index contributed by atoms with van der Waals surface area (Å²) in [5.41, 5.74) is 1.90. The molecule has 2 aromatic rings. The van der Waals surface area contributed by atoms with Gasteiger partial charge in [-0.25, -0.2) is 4.99 Å². The number of nitrogens with zero attached hydrogens (tertiary/aromatic N) is 2. The summed E-state index contributed by atoms with van der Waals surface area (Å²) in [4.78, 5) is 14.6. The van der Waals surface area contributed by atoms with Gasteiger partial charge in [0, 0.05) is 17.7 Å². The lowest BCUT2D eigenvalue weighted by Crippen LogP contribution is -2.06. The molecule has 1 aliphatic heterocycles. The van der Waals surface area contributed by atoms with Crippen LogP contribution in [0.15, 0.2) is 59.6 Å². The first-order valence-corrected chi connectivity index (χ1v) is 6.25. The normalized spacial score (nSPS) is 17.4. The first kappa shape index (κ1) is 12.3. The zero-order valence-electron chi connectivity index (χ0n) is 10.6. The molecular formula is C15H12N2O3. The predicted octanol–water partition coefficient (Wildman–Crippen LogP) is 3.11. The lowest BCUT2D eigenvalue weighted by molar-refractivity contribution is -0.384. The molecule has 2 aromatic carbocycles. The maximum absolute atomic E-state index is 10.6. The van der Waals surface area contributed by atoms with Crippen LogP contribution in [0.25, 0.3) is 0 Å². The second-order valence-corrected chi connectivity index (χ2v) is 4.47. The van der Waals surface area contributed by atoms with Crippen LogP contribution >= 0.6 is 0 Å². The first-order valence-electron chi connectivity index (χ1n) is 6.25. The lowest BCUT2D eigenvalue weighted by Gasteiger charge is -2.11. The van der Waals surface area contributed by atoms with Crippen molar-refractivity contribution in [1.29, 1.82) is 0 Å². The van der Waals surface area contributed by atoms with Crippen LogP contribution in [0.2, 0.25) is 0 Å². The topological polar surface area (TPSA) is 64.7 Å². The van der Waals surface area contributed by atoms with E-state index >= 15 is 0 Å². The van der Waals surface area contributed by atoms with Crippen molar-refractivity contribution in [3.05, 3.63) is 75.8 Å². The lowest BCUT2D eigenvalue weighted by atomic mass is 10.1. The summed E-state index contributed by atoms with van der Waals surface area (Å²) in [6.07, 6.45) is -0.0820. The van der Waals surface area contributed by atoms with Crippen molar-refractivity contribution >= 4 is 11.6 Å². The number of non-ortho nitro benzene ring substituents is 1. The molecule has 0 unspecified atom stereocenters. The second-order valence-electron chi connectivity index (χ2n) is 4.47. The molecule has 0 spiro atoms. The summed E-state index contributed by atoms with van der Waals surface area (Å²) in [7, 11) is 0. The quantitative estimate of drug-likeness (QED) is 0.634. The van der Waals surface area contributed by atoms with E-state index in [-0.39, 0.29) is 11.8 Å². The van der Waals surface area contributed by atoms with Crippen LogP contribution in [-0.2, 0) is 4.74 Å². The highest BCUT2D eigenvalue weighted by Gasteiger charge is 2.22.